The van der Waals surface area contributed by atoms with Gasteiger partial charge in [-0.15, -0.1) is 0 Å². The quantitative estimate of drug-likeness (QED) is 0.587. The number of carboxylic acid groups (broad SMARTS) is 1. The third kappa shape index (κ3) is 2.32. The lowest BCUT2D eigenvalue weighted by Gasteiger charge is -2.21. The molecular weight excluding hydrogens is 254 g/mol. The summed E-state index contributed by atoms with van der Waals surface area (Å²) in [4.78, 5) is 24.1. The maximum atomic E-state index is 12.2. The summed E-state index contributed by atoms with van der Waals surface area (Å²) in [5, 5.41) is 37.7. The maximum Gasteiger partial charge on any atom is 0.326 e. The summed E-state index contributed by atoms with van der Waals surface area (Å²) in [6.07, 6.45) is -1.01. The van der Waals surface area contributed by atoms with Crippen LogP contribution in [-0.2, 0) is 4.79 Å². The molecule has 1 aliphatic rings. The standard InChI is InChI=1S/C12H13NO6/c14-6-4-7(12(18)19)13(5-6)11(17)10-8(15)2-1-3-9(10)16/h1-3,6-7,14-16H,4-5H2,(H,18,19)/t6-,7+/m1/s1. The second-order valence-corrected chi connectivity index (χ2v) is 4.37. The number of aliphatic carboxylic acids is 1. The summed E-state index contributed by atoms with van der Waals surface area (Å²) in [7, 11) is 0. The number of aliphatic hydroxyl groups is 1. The molecule has 102 valence electrons. The highest BCUT2D eigenvalue weighted by molar-refractivity contribution is 6.01. The monoisotopic (exact) mass is 267 g/mol. The fourth-order valence-corrected chi connectivity index (χ4v) is 2.16. The van der Waals surface area contributed by atoms with E-state index in [1.807, 2.05) is 0 Å². The number of rotatable bonds is 2. The minimum Gasteiger partial charge on any atom is -0.507 e. The molecule has 1 fully saturated rings. The second kappa shape index (κ2) is 4.77. The third-order valence-electron chi connectivity index (χ3n) is 3.06. The van der Waals surface area contributed by atoms with E-state index in [1.54, 1.807) is 0 Å². The molecule has 0 radical (unpaired) electrons. The van der Waals surface area contributed by atoms with Crippen molar-refractivity contribution in [1.82, 2.24) is 4.90 Å². The number of benzene rings is 1. The fourth-order valence-electron chi connectivity index (χ4n) is 2.16. The number of carbonyl (C=O) groups is 2. The molecular formula is C12H13NO6. The largest absolute Gasteiger partial charge is 0.507 e. The van der Waals surface area contributed by atoms with Gasteiger partial charge in [-0.25, -0.2) is 4.79 Å². The average molecular weight is 267 g/mol. The lowest BCUT2D eigenvalue weighted by Crippen LogP contribution is -2.40. The molecule has 0 bridgehead atoms. The van der Waals surface area contributed by atoms with Gasteiger partial charge in [-0.3, -0.25) is 4.79 Å². The Morgan fingerprint density at radius 3 is 2.32 bits per heavy atom. The van der Waals surface area contributed by atoms with Crippen LogP contribution in [0.2, 0.25) is 0 Å². The summed E-state index contributed by atoms with van der Waals surface area (Å²) in [6, 6.07) is 2.63. The van der Waals surface area contributed by atoms with Crippen molar-refractivity contribution < 1.29 is 30.0 Å². The van der Waals surface area contributed by atoms with E-state index in [2.05, 4.69) is 0 Å². The van der Waals surface area contributed by atoms with E-state index >= 15 is 0 Å². The minimum atomic E-state index is -1.24. The lowest BCUT2D eigenvalue weighted by molar-refractivity contribution is -0.141. The molecule has 0 spiro atoms. The Bertz CT molecular complexity index is 509. The molecule has 0 saturated carbocycles. The minimum absolute atomic E-state index is 0.0740. The van der Waals surface area contributed by atoms with Crippen molar-refractivity contribution in [2.75, 3.05) is 6.54 Å². The van der Waals surface area contributed by atoms with E-state index < -0.39 is 35.5 Å². The first-order valence-corrected chi connectivity index (χ1v) is 5.64. The highest BCUT2D eigenvalue weighted by Crippen LogP contribution is 2.30. The number of phenols is 2. The molecule has 0 aromatic heterocycles. The van der Waals surface area contributed by atoms with Gasteiger partial charge in [0.05, 0.1) is 6.10 Å². The van der Waals surface area contributed by atoms with Crippen molar-refractivity contribution in [2.24, 2.45) is 0 Å². The molecule has 19 heavy (non-hydrogen) atoms. The first-order chi connectivity index (χ1) is 8.91. The predicted molar refractivity (Wildman–Crippen MR) is 62.9 cm³/mol. The molecule has 1 heterocycles. The zero-order chi connectivity index (χ0) is 14.2. The van der Waals surface area contributed by atoms with Crippen molar-refractivity contribution >= 4 is 11.9 Å². The Balaban J connectivity index is 2.36. The van der Waals surface area contributed by atoms with Gasteiger partial charge in [0.2, 0.25) is 0 Å². The van der Waals surface area contributed by atoms with Crippen LogP contribution in [0.3, 0.4) is 0 Å². The molecule has 1 aliphatic heterocycles. The zero-order valence-electron chi connectivity index (χ0n) is 9.85. The SMILES string of the molecule is O=C(O)[C@@H]1C[C@@H](O)CN1C(=O)c1c(O)cccc1O. The summed E-state index contributed by atoms with van der Waals surface area (Å²) in [5.41, 5.74) is -0.358. The van der Waals surface area contributed by atoms with Crippen LogP contribution in [0.15, 0.2) is 18.2 Å². The van der Waals surface area contributed by atoms with Gasteiger partial charge < -0.3 is 25.3 Å². The van der Waals surface area contributed by atoms with Gasteiger partial charge in [0, 0.05) is 13.0 Å². The highest BCUT2D eigenvalue weighted by atomic mass is 16.4. The van der Waals surface area contributed by atoms with Gasteiger partial charge in [0.1, 0.15) is 23.1 Å². The molecule has 1 aromatic rings. The van der Waals surface area contributed by atoms with E-state index in [0.717, 1.165) is 4.90 Å². The van der Waals surface area contributed by atoms with Crippen LogP contribution in [0.4, 0.5) is 0 Å². The van der Waals surface area contributed by atoms with E-state index in [9.17, 15) is 24.9 Å². The number of carbonyl (C=O) groups excluding carboxylic acids is 1. The number of carboxylic acids is 1. The summed E-state index contributed by atoms with van der Waals surface area (Å²) >= 11 is 0. The average Bonchev–Trinajstić information content (AvgIpc) is 2.71. The van der Waals surface area contributed by atoms with Crippen LogP contribution in [0.25, 0.3) is 0 Å². The van der Waals surface area contributed by atoms with Crippen LogP contribution >= 0.6 is 0 Å². The molecule has 1 aromatic carbocycles. The van der Waals surface area contributed by atoms with Crippen molar-refractivity contribution in [2.45, 2.75) is 18.6 Å². The van der Waals surface area contributed by atoms with E-state index in [4.69, 9.17) is 5.11 Å². The number of hydrogen-bond acceptors (Lipinski definition) is 5. The van der Waals surface area contributed by atoms with Crippen LogP contribution in [-0.4, -0.2) is 55.9 Å². The number of β-amino-alcohol motifs (C(OH)–C–C–N with tert-alkyl or cyclic N) is 1. The Hall–Kier alpha value is -2.28. The Kier molecular flexibility index (Phi) is 3.30. The summed E-state index contributed by atoms with van der Waals surface area (Å²) in [5.74, 6) is -2.93. The molecule has 0 aliphatic carbocycles. The van der Waals surface area contributed by atoms with Crippen molar-refractivity contribution in [3.8, 4) is 11.5 Å². The Labute approximate surface area is 108 Å². The van der Waals surface area contributed by atoms with Crippen LogP contribution < -0.4 is 0 Å². The number of nitrogens with zero attached hydrogens (tertiary/aromatic N) is 1. The number of likely N-dealkylation sites (tertiary alicyclic amines) is 1. The normalized spacial score (nSPS) is 22.5. The highest BCUT2D eigenvalue weighted by Gasteiger charge is 2.40. The Morgan fingerprint density at radius 1 is 1.21 bits per heavy atom. The summed E-state index contributed by atoms with van der Waals surface area (Å²) in [6.45, 7) is -0.149. The number of aliphatic hydroxyl groups excluding tert-OH is 1. The molecule has 2 atom stereocenters. The number of hydrogen-bond donors (Lipinski definition) is 4. The first kappa shape index (κ1) is 13.2. The second-order valence-electron chi connectivity index (χ2n) is 4.37. The topological polar surface area (TPSA) is 118 Å². The van der Waals surface area contributed by atoms with Crippen LogP contribution in [0.1, 0.15) is 16.8 Å². The maximum absolute atomic E-state index is 12.2. The van der Waals surface area contributed by atoms with Gasteiger partial charge in [0.25, 0.3) is 5.91 Å². The molecule has 7 heteroatoms. The van der Waals surface area contributed by atoms with Gasteiger partial charge in [-0.2, -0.15) is 0 Å². The lowest BCUT2D eigenvalue weighted by atomic mass is 10.1. The number of aromatic hydroxyl groups is 2. The fraction of sp³-hybridized carbons (Fsp3) is 0.333. The van der Waals surface area contributed by atoms with Crippen molar-refractivity contribution in [1.29, 1.82) is 0 Å². The summed E-state index contributed by atoms with van der Waals surface area (Å²) < 4.78 is 0. The van der Waals surface area contributed by atoms with Gasteiger partial charge >= 0.3 is 5.97 Å². The molecule has 1 saturated heterocycles. The van der Waals surface area contributed by atoms with E-state index in [1.165, 1.54) is 18.2 Å². The van der Waals surface area contributed by atoms with Gasteiger partial charge in [-0.1, -0.05) is 6.07 Å². The van der Waals surface area contributed by atoms with Crippen LogP contribution in [0, 0.1) is 0 Å². The van der Waals surface area contributed by atoms with E-state index in [0.29, 0.717) is 0 Å². The van der Waals surface area contributed by atoms with Crippen molar-refractivity contribution in [3.63, 3.8) is 0 Å². The predicted octanol–water partition coefficient (Wildman–Crippen LogP) is -0.242. The molecule has 7 nitrogen and oxygen atoms in total. The molecule has 2 rings (SSSR count). The van der Waals surface area contributed by atoms with Crippen molar-refractivity contribution in [3.05, 3.63) is 23.8 Å². The van der Waals surface area contributed by atoms with Crippen LogP contribution in [0.5, 0.6) is 11.5 Å². The third-order valence-corrected chi connectivity index (χ3v) is 3.06. The molecule has 0 unspecified atom stereocenters. The first-order valence-electron chi connectivity index (χ1n) is 5.64. The number of amides is 1. The Morgan fingerprint density at radius 2 is 1.79 bits per heavy atom. The van der Waals surface area contributed by atoms with Gasteiger partial charge in [0.15, 0.2) is 0 Å². The van der Waals surface area contributed by atoms with E-state index in [-0.39, 0.29) is 18.5 Å². The zero-order valence-corrected chi connectivity index (χ0v) is 9.85. The smallest absolute Gasteiger partial charge is 0.326 e. The van der Waals surface area contributed by atoms with Gasteiger partial charge in [-0.05, 0) is 12.1 Å². The molecule has 1 amide bonds. The number of phenolic OH excluding ortho intramolecular Hbond substituents is 2. The molecule has 4 N–H and O–H groups in total.